The maximum atomic E-state index is 13.6. The Morgan fingerprint density at radius 3 is 2.45 bits per heavy atom. The first kappa shape index (κ1) is 23.4. The van der Waals surface area contributed by atoms with Crippen molar-refractivity contribution in [2.24, 2.45) is 0 Å². The van der Waals surface area contributed by atoms with Crippen LogP contribution in [0.2, 0.25) is 0 Å². The summed E-state index contributed by atoms with van der Waals surface area (Å²) in [5.41, 5.74) is 1.18. The summed E-state index contributed by atoms with van der Waals surface area (Å²) >= 11 is 4.88. The number of hydrogen-bond donors (Lipinski definition) is 0. The zero-order valence-electron chi connectivity index (χ0n) is 18.7. The van der Waals surface area contributed by atoms with E-state index in [1.165, 1.54) is 11.3 Å². The van der Waals surface area contributed by atoms with E-state index in [0.717, 1.165) is 4.47 Å². The van der Waals surface area contributed by atoms with Crippen molar-refractivity contribution in [2.45, 2.75) is 13.0 Å². The fourth-order valence-electron chi connectivity index (χ4n) is 3.73. The fourth-order valence-corrected chi connectivity index (χ4v) is 4.67. The molecule has 8 heteroatoms. The van der Waals surface area contributed by atoms with Gasteiger partial charge in [-0.3, -0.25) is 14.2 Å². The number of nitrogens with zero attached hydrogens (tertiary/aromatic N) is 4. The van der Waals surface area contributed by atoms with E-state index in [2.05, 4.69) is 15.9 Å². The van der Waals surface area contributed by atoms with Crippen molar-refractivity contribution >= 4 is 44.1 Å². The van der Waals surface area contributed by atoms with Crippen LogP contribution >= 0.6 is 27.3 Å². The Kier molecular flexibility index (Phi) is 7.07. The SMILES string of the molecule is CC(c1nc2ccccc2c(=O)n1-c1ccc(Br)cc1)N(CCN(C)C)C(=O)c1cccs1. The standard InChI is InChI=1S/C25H25BrN4O2S/c1-17(29(15-14-28(2)3)25(32)22-9-6-16-33-22)23-27-21-8-5-4-7-20(21)24(31)30(23)19-12-10-18(26)11-13-19/h4-13,16-17H,14-15H2,1-3H3. The Morgan fingerprint density at radius 1 is 1.06 bits per heavy atom. The van der Waals surface area contributed by atoms with Crippen LogP contribution in [0.25, 0.3) is 16.6 Å². The maximum absolute atomic E-state index is 13.6. The van der Waals surface area contributed by atoms with Crippen LogP contribution in [0.3, 0.4) is 0 Å². The molecule has 1 amide bonds. The second-order valence-corrected chi connectivity index (χ2v) is 9.92. The number of rotatable bonds is 7. The summed E-state index contributed by atoms with van der Waals surface area (Å²) in [6.45, 7) is 3.14. The molecule has 0 aliphatic heterocycles. The Morgan fingerprint density at radius 2 is 1.79 bits per heavy atom. The number of thiophene rings is 1. The molecule has 2 heterocycles. The third-order valence-corrected chi connectivity index (χ3v) is 6.90. The first-order valence-electron chi connectivity index (χ1n) is 10.6. The lowest BCUT2D eigenvalue weighted by Gasteiger charge is -2.31. The highest BCUT2D eigenvalue weighted by Crippen LogP contribution is 2.26. The second kappa shape index (κ2) is 9.99. The van der Waals surface area contributed by atoms with E-state index in [9.17, 15) is 9.59 Å². The topological polar surface area (TPSA) is 58.4 Å². The van der Waals surface area contributed by atoms with Crippen molar-refractivity contribution < 1.29 is 4.79 Å². The summed E-state index contributed by atoms with van der Waals surface area (Å²) in [6, 6.07) is 18.2. The van der Waals surface area contributed by atoms with Crippen LogP contribution in [0, 0.1) is 0 Å². The third kappa shape index (κ3) is 4.93. The molecule has 0 bridgehead atoms. The monoisotopic (exact) mass is 524 g/mol. The molecule has 0 aliphatic carbocycles. The van der Waals surface area contributed by atoms with Gasteiger partial charge in [-0.25, -0.2) is 4.98 Å². The predicted molar refractivity (Wildman–Crippen MR) is 137 cm³/mol. The van der Waals surface area contributed by atoms with Crippen molar-refractivity contribution in [1.29, 1.82) is 0 Å². The number of benzene rings is 2. The van der Waals surface area contributed by atoms with Gasteiger partial charge >= 0.3 is 0 Å². The molecule has 0 fully saturated rings. The smallest absolute Gasteiger partial charge is 0.266 e. The molecule has 1 atom stereocenters. The van der Waals surface area contributed by atoms with E-state index in [-0.39, 0.29) is 11.5 Å². The van der Waals surface area contributed by atoms with Crippen LogP contribution in [-0.4, -0.2) is 52.4 Å². The summed E-state index contributed by atoms with van der Waals surface area (Å²) in [6.07, 6.45) is 0. The van der Waals surface area contributed by atoms with Crippen molar-refractivity contribution in [1.82, 2.24) is 19.4 Å². The maximum Gasteiger partial charge on any atom is 0.266 e. The first-order valence-corrected chi connectivity index (χ1v) is 12.3. The number of para-hydroxylation sites is 1. The summed E-state index contributed by atoms with van der Waals surface area (Å²) in [4.78, 5) is 36.5. The van der Waals surface area contributed by atoms with Gasteiger partial charge in [0, 0.05) is 17.6 Å². The van der Waals surface area contributed by atoms with E-state index in [1.54, 1.807) is 15.5 Å². The quantitative estimate of drug-likeness (QED) is 0.342. The molecule has 6 nitrogen and oxygen atoms in total. The van der Waals surface area contributed by atoms with E-state index in [4.69, 9.17) is 4.98 Å². The average Bonchev–Trinajstić information content (AvgIpc) is 3.34. The molecule has 2 aromatic heterocycles. The molecular formula is C25H25BrN4O2S. The first-order chi connectivity index (χ1) is 15.9. The molecule has 0 aliphatic rings. The molecule has 4 rings (SSSR count). The van der Waals surface area contributed by atoms with E-state index in [1.807, 2.05) is 85.9 Å². The van der Waals surface area contributed by atoms with E-state index in [0.29, 0.717) is 40.4 Å². The predicted octanol–water partition coefficient (Wildman–Crippen LogP) is 4.97. The highest BCUT2D eigenvalue weighted by molar-refractivity contribution is 9.10. The number of hydrogen-bond acceptors (Lipinski definition) is 5. The summed E-state index contributed by atoms with van der Waals surface area (Å²) in [5.74, 6) is 0.466. The van der Waals surface area contributed by atoms with Gasteiger partial charge in [0.15, 0.2) is 0 Å². The minimum atomic E-state index is -0.430. The number of carbonyl (C=O) groups excluding carboxylic acids is 1. The van der Waals surface area contributed by atoms with Gasteiger partial charge in [-0.15, -0.1) is 11.3 Å². The number of amides is 1. The Bertz CT molecular complexity index is 1320. The minimum absolute atomic E-state index is 0.0656. The van der Waals surface area contributed by atoms with Gasteiger partial charge in [0.25, 0.3) is 11.5 Å². The molecule has 170 valence electrons. The molecule has 33 heavy (non-hydrogen) atoms. The number of likely N-dealkylation sites (N-methyl/N-ethyl adjacent to an activating group) is 1. The molecule has 0 N–H and O–H groups in total. The summed E-state index contributed by atoms with van der Waals surface area (Å²) < 4.78 is 2.55. The Balaban J connectivity index is 1.89. The zero-order chi connectivity index (χ0) is 23.5. The number of carbonyl (C=O) groups is 1. The number of aromatic nitrogens is 2. The highest BCUT2D eigenvalue weighted by atomic mass is 79.9. The third-order valence-electron chi connectivity index (χ3n) is 5.51. The minimum Gasteiger partial charge on any atom is -0.327 e. The van der Waals surface area contributed by atoms with Gasteiger partial charge in [-0.2, -0.15) is 0 Å². The molecule has 2 aromatic carbocycles. The molecule has 0 saturated heterocycles. The lowest BCUT2D eigenvalue weighted by atomic mass is 10.1. The lowest BCUT2D eigenvalue weighted by molar-refractivity contribution is 0.0672. The molecule has 4 aromatic rings. The Labute approximate surface area is 205 Å². The van der Waals surface area contributed by atoms with Gasteiger partial charge in [-0.05, 0) is 68.9 Å². The second-order valence-electron chi connectivity index (χ2n) is 8.06. The van der Waals surface area contributed by atoms with Crippen molar-refractivity contribution in [3.05, 3.63) is 91.6 Å². The van der Waals surface area contributed by atoms with E-state index >= 15 is 0 Å². The normalized spacial score (nSPS) is 12.3. The van der Waals surface area contributed by atoms with Crippen molar-refractivity contribution in [3.8, 4) is 5.69 Å². The van der Waals surface area contributed by atoms with Crippen LogP contribution in [-0.2, 0) is 0 Å². The van der Waals surface area contributed by atoms with Crippen molar-refractivity contribution in [2.75, 3.05) is 27.2 Å². The van der Waals surface area contributed by atoms with E-state index < -0.39 is 6.04 Å². The molecule has 1 unspecified atom stereocenters. The molecular weight excluding hydrogens is 500 g/mol. The van der Waals surface area contributed by atoms with Crippen LogP contribution in [0.15, 0.2) is 75.3 Å². The van der Waals surface area contributed by atoms with Crippen LogP contribution < -0.4 is 5.56 Å². The van der Waals surface area contributed by atoms with Gasteiger partial charge in [0.1, 0.15) is 5.82 Å². The fraction of sp³-hybridized carbons (Fsp3) is 0.240. The highest BCUT2D eigenvalue weighted by Gasteiger charge is 2.28. The molecule has 0 radical (unpaired) electrons. The Hall–Kier alpha value is -2.81. The molecule has 0 saturated carbocycles. The van der Waals surface area contributed by atoms with Gasteiger partial charge in [0.05, 0.1) is 27.5 Å². The van der Waals surface area contributed by atoms with Crippen molar-refractivity contribution in [3.63, 3.8) is 0 Å². The average molecular weight is 525 g/mol. The number of halogens is 1. The summed E-state index contributed by atoms with van der Waals surface area (Å²) in [5, 5.41) is 2.44. The van der Waals surface area contributed by atoms with Gasteiger partial charge in [0.2, 0.25) is 0 Å². The summed E-state index contributed by atoms with van der Waals surface area (Å²) in [7, 11) is 3.95. The van der Waals surface area contributed by atoms with Gasteiger partial charge < -0.3 is 9.80 Å². The van der Waals surface area contributed by atoms with Crippen LogP contribution in [0.1, 0.15) is 28.5 Å². The zero-order valence-corrected chi connectivity index (χ0v) is 21.1. The molecule has 0 spiro atoms. The lowest BCUT2D eigenvalue weighted by Crippen LogP contribution is -2.40. The number of fused-ring (bicyclic) bond motifs is 1. The van der Waals surface area contributed by atoms with Crippen LogP contribution in [0.5, 0.6) is 0 Å². The van der Waals surface area contributed by atoms with Crippen LogP contribution in [0.4, 0.5) is 0 Å². The largest absolute Gasteiger partial charge is 0.327 e. The van der Waals surface area contributed by atoms with Gasteiger partial charge in [-0.1, -0.05) is 34.1 Å².